The number of hydrogen-bond acceptors (Lipinski definition) is 6. The maximum Gasteiger partial charge on any atom is 0.267 e. The zero-order valence-electron chi connectivity index (χ0n) is 16.6. The van der Waals surface area contributed by atoms with Gasteiger partial charge in [-0.3, -0.25) is 14.5 Å². The number of carbonyl (C=O) groups is 2. The van der Waals surface area contributed by atoms with E-state index in [0.29, 0.717) is 23.1 Å². The fourth-order valence-corrected chi connectivity index (χ4v) is 4.49. The van der Waals surface area contributed by atoms with Crippen molar-refractivity contribution < 1.29 is 14.3 Å². The zero-order valence-corrected chi connectivity index (χ0v) is 17.4. The minimum atomic E-state index is -0.552. The Morgan fingerprint density at radius 1 is 1.28 bits per heavy atom. The van der Waals surface area contributed by atoms with Gasteiger partial charge in [0.25, 0.3) is 5.91 Å². The molecule has 7 nitrogen and oxygen atoms in total. The smallest absolute Gasteiger partial charge is 0.267 e. The van der Waals surface area contributed by atoms with E-state index in [9.17, 15) is 9.59 Å². The summed E-state index contributed by atoms with van der Waals surface area (Å²) in [5, 5.41) is 5.49. The molecule has 0 radical (unpaired) electrons. The predicted octanol–water partition coefficient (Wildman–Crippen LogP) is 3.27. The number of hydrogen-bond donors (Lipinski definition) is 1. The molecule has 0 spiro atoms. The summed E-state index contributed by atoms with van der Waals surface area (Å²) in [5.41, 5.74) is 1.71. The lowest BCUT2D eigenvalue weighted by Crippen LogP contribution is -2.45. The van der Waals surface area contributed by atoms with Crippen LogP contribution in [0.2, 0.25) is 0 Å². The Kier molecular flexibility index (Phi) is 6.10. The van der Waals surface area contributed by atoms with E-state index in [2.05, 4.69) is 15.2 Å². The minimum Gasteiger partial charge on any atom is -0.479 e. The summed E-state index contributed by atoms with van der Waals surface area (Å²) in [6.07, 6.45) is 3.45. The van der Waals surface area contributed by atoms with E-state index in [1.54, 1.807) is 11.8 Å². The molecule has 0 saturated carbocycles. The van der Waals surface area contributed by atoms with Gasteiger partial charge in [-0.1, -0.05) is 18.6 Å². The van der Waals surface area contributed by atoms with Crippen LogP contribution in [0.25, 0.3) is 0 Å². The van der Waals surface area contributed by atoms with Gasteiger partial charge in [0.1, 0.15) is 5.75 Å². The van der Waals surface area contributed by atoms with Gasteiger partial charge in [0.15, 0.2) is 11.2 Å². The fourth-order valence-electron chi connectivity index (χ4n) is 3.77. The molecule has 1 aromatic carbocycles. The molecule has 1 N–H and O–H groups in total. The molecule has 4 rings (SSSR count). The monoisotopic (exact) mass is 414 g/mol. The second kappa shape index (κ2) is 8.92. The number of rotatable bonds is 6. The van der Waals surface area contributed by atoms with Crippen LogP contribution in [-0.2, 0) is 16.1 Å². The lowest BCUT2D eigenvalue weighted by Gasteiger charge is -2.32. The molecule has 1 saturated heterocycles. The maximum absolute atomic E-state index is 12.5. The highest BCUT2D eigenvalue weighted by Crippen LogP contribution is 2.33. The van der Waals surface area contributed by atoms with Crippen LogP contribution in [0.15, 0.2) is 29.6 Å². The molecule has 3 heterocycles. The number of carbonyl (C=O) groups excluding carboxylic acids is 2. The Morgan fingerprint density at radius 3 is 2.90 bits per heavy atom. The highest BCUT2D eigenvalue weighted by Gasteiger charge is 2.31. The Balaban J connectivity index is 1.32. The van der Waals surface area contributed by atoms with Crippen LogP contribution in [0.3, 0.4) is 0 Å². The number of aromatic nitrogens is 1. The first-order valence-electron chi connectivity index (χ1n) is 10.1. The van der Waals surface area contributed by atoms with E-state index in [0.717, 1.165) is 25.3 Å². The maximum atomic E-state index is 12.5. The summed E-state index contributed by atoms with van der Waals surface area (Å²) >= 11 is 1.45. The predicted molar refractivity (Wildman–Crippen MR) is 113 cm³/mol. The van der Waals surface area contributed by atoms with Crippen LogP contribution in [-0.4, -0.2) is 47.4 Å². The van der Waals surface area contributed by atoms with Gasteiger partial charge < -0.3 is 15.0 Å². The quantitative estimate of drug-likeness (QED) is 0.785. The molecule has 29 heavy (non-hydrogen) atoms. The molecular weight excluding hydrogens is 388 g/mol. The Labute approximate surface area is 174 Å². The summed E-state index contributed by atoms with van der Waals surface area (Å²) in [7, 11) is 0. The van der Waals surface area contributed by atoms with Gasteiger partial charge in [0.2, 0.25) is 5.91 Å². The van der Waals surface area contributed by atoms with Crippen molar-refractivity contribution in [2.75, 3.05) is 29.9 Å². The number of likely N-dealkylation sites (tertiary alicyclic amines) is 1. The SMILES string of the molecule is CC1Oc2ccccc2N(CCC(=O)Nc2nc(CN3CCCCC3)cs2)C1=O. The number of fused-ring (bicyclic) bond motifs is 1. The molecule has 1 aromatic heterocycles. The molecule has 8 heteroatoms. The van der Waals surface area contributed by atoms with Crippen molar-refractivity contribution in [3.63, 3.8) is 0 Å². The molecule has 1 atom stereocenters. The molecule has 1 unspecified atom stereocenters. The largest absolute Gasteiger partial charge is 0.479 e. The van der Waals surface area contributed by atoms with E-state index >= 15 is 0 Å². The molecule has 2 amide bonds. The number of nitrogens with one attached hydrogen (secondary N) is 1. The molecule has 0 aliphatic carbocycles. The van der Waals surface area contributed by atoms with Crippen LogP contribution in [0.4, 0.5) is 10.8 Å². The van der Waals surface area contributed by atoms with Crippen LogP contribution < -0.4 is 15.0 Å². The number of amides is 2. The summed E-state index contributed by atoms with van der Waals surface area (Å²) in [4.78, 5) is 33.5. The summed E-state index contributed by atoms with van der Waals surface area (Å²) in [6, 6.07) is 7.41. The third-order valence-corrected chi connectivity index (χ3v) is 6.07. The Hall–Kier alpha value is -2.45. The Morgan fingerprint density at radius 2 is 2.07 bits per heavy atom. The topological polar surface area (TPSA) is 74.8 Å². The van der Waals surface area contributed by atoms with E-state index < -0.39 is 6.10 Å². The summed E-state index contributed by atoms with van der Waals surface area (Å²) in [6.45, 7) is 5.11. The first kappa shape index (κ1) is 19.8. The normalized spacial score (nSPS) is 19.6. The van der Waals surface area contributed by atoms with Gasteiger partial charge in [0, 0.05) is 24.9 Å². The fraction of sp³-hybridized carbons (Fsp3) is 0.476. The van der Waals surface area contributed by atoms with Crippen molar-refractivity contribution >= 4 is 34.0 Å². The first-order chi connectivity index (χ1) is 14.1. The first-order valence-corrected chi connectivity index (χ1v) is 11.0. The van der Waals surface area contributed by atoms with E-state index in [4.69, 9.17) is 4.74 Å². The lowest BCUT2D eigenvalue weighted by atomic mass is 10.1. The van der Waals surface area contributed by atoms with Gasteiger partial charge in [0.05, 0.1) is 11.4 Å². The number of benzene rings is 1. The number of ether oxygens (including phenoxy) is 1. The highest BCUT2D eigenvalue weighted by atomic mass is 32.1. The second-order valence-corrected chi connectivity index (χ2v) is 8.35. The zero-order chi connectivity index (χ0) is 20.2. The van der Waals surface area contributed by atoms with Gasteiger partial charge >= 0.3 is 0 Å². The highest BCUT2D eigenvalue weighted by molar-refractivity contribution is 7.13. The van der Waals surface area contributed by atoms with Crippen molar-refractivity contribution in [1.29, 1.82) is 0 Å². The average molecular weight is 415 g/mol. The van der Waals surface area contributed by atoms with Crippen molar-refractivity contribution in [2.45, 2.75) is 45.3 Å². The third kappa shape index (κ3) is 4.76. The number of piperidine rings is 1. The number of para-hydroxylation sites is 2. The number of nitrogens with zero attached hydrogens (tertiary/aromatic N) is 3. The standard InChI is InChI=1S/C21H26N4O3S/c1-15-20(27)25(17-7-3-4-8-18(17)28-15)12-9-19(26)23-21-22-16(14-29-21)13-24-10-5-2-6-11-24/h3-4,7-8,14-15H,2,5-6,9-13H2,1H3,(H,22,23,26). The van der Waals surface area contributed by atoms with Crippen molar-refractivity contribution in [3.8, 4) is 5.75 Å². The van der Waals surface area contributed by atoms with Crippen molar-refractivity contribution in [3.05, 3.63) is 35.3 Å². The van der Waals surface area contributed by atoms with Crippen LogP contribution in [0.1, 0.15) is 38.3 Å². The van der Waals surface area contributed by atoms with E-state index in [-0.39, 0.29) is 18.2 Å². The van der Waals surface area contributed by atoms with Crippen molar-refractivity contribution in [2.24, 2.45) is 0 Å². The third-order valence-electron chi connectivity index (χ3n) is 5.27. The molecule has 2 aliphatic rings. The number of anilines is 2. The van der Waals surface area contributed by atoms with E-state index in [1.807, 2.05) is 29.6 Å². The van der Waals surface area contributed by atoms with Gasteiger partial charge in [-0.15, -0.1) is 11.3 Å². The molecule has 0 bridgehead atoms. The molecule has 154 valence electrons. The number of thiazole rings is 1. The summed E-state index contributed by atoms with van der Waals surface area (Å²) < 4.78 is 5.64. The van der Waals surface area contributed by atoms with E-state index in [1.165, 1.54) is 30.6 Å². The summed E-state index contributed by atoms with van der Waals surface area (Å²) in [5.74, 6) is 0.394. The van der Waals surface area contributed by atoms with Crippen LogP contribution >= 0.6 is 11.3 Å². The lowest BCUT2D eigenvalue weighted by molar-refractivity contribution is -0.125. The average Bonchev–Trinajstić information content (AvgIpc) is 3.15. The van der Waals surface area contributed by atoms with Gasteiger partial charge in [-0.25, -0.2) is 4.98 Å². The van der Waals surface area contributed by atoms with Gasteiger partial charge in [-0.05, 0) is 45.0 Å². The van der Waals surface area contributed by atoms with Gasteiger partial charge in [-0.2, -0.15) is 0 Å². The Bertz CT molecular complexity index is 878. The second-order valence-electron chi connectivity index (χ2n) is 7.50. The minimum absolute atomic E-state index is 0.130. The molecule has 2 aliphatic heterocycles. The molecule has 2 aromatic rings. The van der Waals surface area contributed by atoms with Crippen molar-refractivity contribution in [1.82, 2.24) is 9.88 Å². The molecular formula is C21H26N4O3S. The molecule has 1 fully saturated rings. The van der Waals surface area contributed by atoms with Crippen LogP contribution in [0.5, 0.6) is 5.75 Å². The van der Waals surface area contributed by atoms with Crippen LogP contribution in [0, 0.1) is 0 Å².